The first-order chi connectivity index (χ1) is 9.38. The molecule has 2 aromatic rings. The largest absolute Gasteiger partial charge is 0.321 e. The number of anilines is 1. The van der Waals surface area contributed by atoms with E-state index in [1.54, 1.807) is 19.1 Å². The van der Waals surface area contributed by atoms with Crippen LogP contribution in [0.25, 0.3) is 0 Å². The van der Waals surface area contributed by atoms with Crippen LogP contribution in [-0.4, -0.2) is 10.8 Å². The quantitative estimate of drug-likeness (QED) is 0.660. The Bertz CT molecular complexity index is 677. The highest BCUT2D eigenvalue weighted by molar-refractivity contribution is 9.11. The molecule has 0 bridgehead atoms. The third-order valence-corrected chi connectivity index (χ3v) is 4.90. The minimum absolute atomic E-state index is 0.0468. The molecule has 7 heteroatoms. The molecule has 1 N–H and O–H groups in total. The summed E-state index contributed by atoms with van der Waals surface area (Å²) in [5, 5.41) is 13.5. The molecule has 20 heavy (non-hydrogen) atoms. The van der Waals surface area contributed by atoms with Crippen molar-refractivity contribution in [2.45, 2.75) is 13.8 Å². The molecule has 0 spiro atoms. The van der Waals surface area contributed by atoms with Crippen molar-refractivity contribution in [2.75, 3.05) is 5.32 Å². The molecule has 1 heterocycles. The fourth-order valence-corrected chi connectivity index (χ4v) is 3.04. The van der Waals surface area contributed by atoms with Crippen LogP contribution in [0.15, 0.2) is 28.1 Å². The molecule has 0 radical (unpaired) electrons. The van der Waals surface area contributed by atoms with Crippen LogP contribution in [-0.2, 0) is 0 Å². The van der Waals surface area contributed by atoms with Gasteiger partial charge in [-0.1, -0.05) is 6.07 Å². The van der Waals surface area contributed by atoms with E-state index in [0.717, 1.165) is 14.9 Å². The average Bonchev–Trinajstić information content (AvgIpc) is 2.72. The van der Waals surface area contributed by atoms with Gasteiger partial charge in [-0.3, -0.25) is 14.9 Å². The van der Waals surface area contributed by atoms with Crippen LogP contribution in [0, 0.1) is 24.0 Å². The van der Waals surface area contributed by atoms with Gasteiger partial charge in [0.1, 0.15) is 0 Å². The van der Waals surface area contributed by atoms with E-state index in [-0.39, 0.29) is 11.6 Å². The highest BCUT2D eigenvalue weighted by Gasteiger charge is 2.14. The lowest BCUT2D eigenvalue weighted by Gasteiger charge is -2.06. The van der Waals surface area contributed by atoms with E-state index >= 15 is 0 Å². The third kappa shape index (κ3) is 3.05. The number of thiophene rings is 1. The normalized spacial score (nSPS) is 10.3. The van der Waals surface area contributed by atoms with Crippen LogP contribution in [0.3, 0.4) is 0 Å². The number of nitro benzene ring substituents is 1. The number of non-ortho nitro benzene ring substituents is 1. The Hall–Kier alpha value is -1.73. The Morgan fingerprint density at radius 1 is 1.30 bits per heavy atom. The Balaban J connectivity index is 2.27. The molecular weight excluding hydrogens is 344 g/mol. The molecular formula is C13H11BrN2O3S. The maximum absolute atomic E-state index is 12.1. The van der Waals surface area contributed by atoms with Crippen molar-refractivity contribution >= 4 is 44.5 Å². The van der Waals surface area contributed by atoms with E-state index in [1.807, 2.05) is 6.92 Å². The zero-order valence-corrected chi connectivity index (χ0v) is 13.2. The third-order valence-electron chi connectivity index (χ3n) is 2.76. The van der Waals surface area contributed by atoms with Gasteiger partial charge in [0.15, 0.2) is 0 Å². The zero-order chi connectivity index (χ0) is 14.9. The topological polar surface area (TPSA) is 72.2 Å². The molecule has 5 nitrogen and oxygen atoms in total. The van der Waals surface area contributed by atoms with Gasteiger partial charge in [0.25, 0.3) is 11.6 Å². The van der Waals surface area contributed by atoms with Crippen LogP contribution >= 0.6 is 27.3 Å². The van der Waals surface area contributed by atoms with Gasteiger partial charge >= 0.3 is 0 Å². The molecule has 1 aromatic heterocycles. The smallest absolute Gasteiger partial charge is 0.271 e. The Morgan fingerprint density at radius 2 is 2.00 bits per heavy atom. The monoisotopic (exact) mass is 354 g/mol. The van der Waals surface area contributed by atoms with Gasteiger partial charge in [-0.25, -0.2) is 0 Å². The minimum Gasteiger partial charge on any atom is -0.321 e. The second-order valence-corrected chi connectivity index (χ2v) is 6.65. The first-order valence-corrected chi connectivity index (χ1v) is 7.31. The Morgan fingerprint density at radius 3 is 2.55 bits per heavy atom. The number of carbonyl (C=O) groups is 1. The number of benzene rings is 1. The standard InChI is InChI=1S/C13H11BrN2O3S/c1-7-3-4-9(16(18)19)6-10(7)15-13(17)11-5-8(2)12(14)20-11/h3-6H,1-2H3,(H,15,17). The molecule has 0 atom stereocenters. The summed E-state index contributed by atoms with van der Waals surface area (Å²) in [6.07, 6.45) is 0. The molecule has 0 saturated carbocycles. The highest BCUT2D eigenvalue weighted by Crippen LogP contribution is 2.29. The summed E-state index contributed by atoms with van der Waals surface area (Å²) in [5.41, 5.74) is 2.16. The number of carbonyl (C=O) groups excluding carboxylic acids is 1. The summed E-state index contributed by atoms with van der Waals surface area (Å²) in [5.74, 6) is -0.271. The van der Waals surface area contributed by atoms with Gasteiger partial charge < -0.3 is 5.32 Å². The summed E-state index contributed by atoms with van der Waals surface area (Å²) < 4.78 is 0.901. The molecule has 104 valence electrons. The number of hydrogen-bond donors (Lipinski definition) is 1. The van der Waals surface area contributed by atoms with E-state index in [1.165, 1.54) is 23.5 Å². The average molecular weight is 355 g/mol. The zero-order valence-electron chi connectivity index (χ0n) is 10.8. The summed E-state index contributed by atoms with van der Waals surface area (Å²) in [6.45, 7) is 3.69. The van der Waals surface area contributed by atoms with Gasteiger partial charge in [0, 0.05) is 12.1 Å². The number of nitro groups is 1. The molecule has 0 aliphatic rings. The second-order valence-electron chi connectivity index (χ2n) is 4.28. The van der Waals surface area contributed by atoms with E-state index < -0.39 is 4.92 Å². The van der Waals surface area contributed by atoms with Gasteiger partial charge in [-0.2, -0.15) is 0 Å². The first kappa shape index (κ1) is 14.7. The van der Waals surface area contributed by atoms with E-state index in [2.05, 4.69) is 21.2 Å². The maximum atomic E-state index is 12.1. The van der Waals surface area contributed by atoms with Crippen molar-refractivity contribution in [1.82, 2.24) is 0 Å². The summed E-state index contributed by atoms with van der Waals surface area (Å²) in [7, 11) is 0. The van der Waals surface area contributed by atoms with Crippen LogP contribution < -0.4 is 5.32 Å². The van der Waals surface area contributed by atoms with Crippen molar-refractivity contribution in [3.05, 3.63) is 54.2 Å². The SMILES string of the molecule is Cc1ccc([N+](=O)[O-])cc1NC(=O)c1cc(C)c(Br)s1. The number of aryl methyl sites for hydroxylation is 2. The van der Waals surface area contributed by atoms with Gasteiger partial charge in [0.05, 0.1) is 19.3 Å². The van der Waals surface area contributed by atoms with Crippen LogP contribution in [0.1, 0.15) is 20.8 Å². The van der Waals surface area contributed by atoms with E-state index in [0.29, 0.717) is 10.6 Å². The number of nitrogens with one attached hydrogen (secondary N) is 1. The first-order valence-electron chi connectivity index (χ1n) is 5.71. The van der Waals surface area contributed by atoms with Crippen molar-refractivity contribution in [3.8, 4) is 0 Å². The van der Waals surface area contributed by atoms with Crippen molar-refractivity contribution in [2.24, 2.45) is 0 Å². The number of hydrogen-bond acceptors (Lipinski definition) is 4. The number of nitrogens with zero attached hydrogens (tertiary/aromatic N) is 1. The lowest BCUT2D eigenvalue weighted by Crippen LogP contribution is -2.11. The van der Waals surface area contributed by atoms with Crippen LogP contribution in [0.5, 0.6) is 0 Å². The molecule has 0 unspecified atom stereocenters. The molecule has 0 aliphatic carbocycles. The molecule has 1 amide bonds. The van der Waals surface area contributed by atoms with Crippen molar-refractivity contribution in [1.29, 1.82) is 0 Å². The van der Waals surface area contributed by atoms with Crippen LogP contribution in [0.2, 0.25) is 0 Å². The number of amides is 1. The Kier molecular flexibility index (Phi) is 4.20. The minimum atomic E-state index is -0.485. The van der Waals surface area contributed by atoms with E-state index in [4.69, 9.17) is 0 Å². The molecule has 1 aromatic carbocycles. The predicted octanol–water partition coefficient (Wildman–Crippen LogP) is 4.29. The fourth-order valence-electron chi connectivity index (χ4n) is 1.61. The van der Waals surface area contributed by atoms with Gasteiger partial charge in [-0.05, 0) is 47.0 Å². The lowest BCUT2D eigenvalue weighted by atomic mass is 10.2. The van der Waals surface area contributed by atoms with Gasteiger partial charge in [0.2, 0.25) is 0 Å². The highest BCUT2D eigenvalue weighted by atomic mass is 79.9. The number of halogens is 1. The lowest BCUT2D eigenvalue weighted by molar-refractivity contribution is -0.384. The predicted molar refractivity (Wildman–Crippen MR) is 82.5 cm³/mol. The van der Waals surface area contributed by atoms with Gasteiger partial charge in [-0.15, -0.1) is 11.3 Å². The molecule has 0 saturated heterocycles. The fraction of sp³-hybridized carbons (Fsp3) is 0.154. The van der Waals surface area contributed by atoms with Crippen molar-refractivity contribution < 1.29 is 9.72 Å². The maximum Gasteiger partial charge on any atom is 0.271 e. The number of rotatable bonds is 3. The van der Waals surface area contributed by atoms with Crippen LogP contribution in [0.4, 0.5) is 11.4 Å². The summed E-state index contributed by atoms with van der Waals surface area (Å²) in [6, 6.07) is 6.17. The second kappa shape index (κ2) is 5.72. The Labute approximate surface area is 127 Å². The van der Waals surface area contributed by atoms with E-state index in [9.17, 15) is 14.9 Å². The summed E-state index contributed by atoms with van der Waals surface area (Å²) in [4.78, 5) is 22.9. The van der Waals surface area contributed by atoms with Crippen molar-refractivity contribution in [3.63, 3.8) is 0 Å². The molecule has 2 rings (SSSR count). The molecule has 0 fully saturated rings. The molecule has 0 aliphatic heterocycles. The summed E-state index contributed by atoms with van der Waals surface area (Å²) >= 11 is 4.69.